The maximum atomic E-state index is 10.2. The molecule has 0 saturated heterocycles. The van der Waals surface area contributed by atoms with Crippen LogP contribution in [0.1, 0.15) is 31.9 Å². The van der Waals surface area contributed by atoms with Crippen LogP contribution in [0.3, 0.4) is 0 Å². The van der Waals surface area contributed by atoms with Gasteiger partial charge in [0, 0.05) is 5.41 Å². The Kier molecular flexibility index (Phi) is 2.15. The van der Waals surface area contributed by atoms with Gasteiger partial charge in [0.15, 0.2) is 0 Å². The highest BCUT2D eigenvalue weighted by Gasteiger charge is 2.38. The number of rotatable bonds is 0. The monoisotopic (exact) mass is 190 g/mol. The van der Waals surface area contributed by atoms with Crippen LogP contribution in [0.15, 0.2) is 24.3 Å². The highest BCUT2D eigenvalue weighted by atomic mass is 16.3. The number of aliphatic hydroxyl groups excluding tert-OH is 1. The fraction of sp³-hybridized carbons (Fsp3) is 0.538. The molecular formula is C13H18O. The van der Waals surface area contributed by atoms with Gasteiger partial charge < -0.3 is 5.11 Å². The van der Waals surface area contributed by atoms with Crippen molar-refractivity contribution >= 4 is 0 Å². The summed E-state index contributed by atoms with van der Waals surface area (Å²) in [6.45, 7) is 6.39. The molecule has 0 saturated carbocycles. The van der Waals surface area contributed by atoms with Crippen molar-refractivity contribution in [3.05, 3.63) is 35.4 Å². The maximum Gasteiger partial charge on any atom is 0.0660 e. The Morgan fingerprint density at radius 2 is 1.93 bits per heavy atom. The lowest BCUT2D eigenvalue weighted by molar-refractivity contribution is 0.0407. The minimum absolute atomic E-state index is 0.103. The molecule has 1 aromatic carbocycles. The van der Waals surface area contributed by atoms with Gasteiger partial charge in [0.05, 0.1) is 6.10 Å². The zero-order valence-electron chi connectivity index (χ0n) is 9.12. The molecule has 14 heavy (non-hydrogen) atoms. The first kappa shape index (κ1) is 9.72. The number of hydrogen-bond donors (Lipinski definition) is 1. The van der Waals surface area contributed by atoms with Gasteiger partial charge >= 0.3 is 0 Å². The van der Waals surface area contributed by atoms with Crippen molar-refractivity contribution in [1.82, 2.24) is 0 Å². The molecule has 76 valence electrons. The lowest BCUT2D eigenvalue weighted by Crippen LogP contribution is -2.43. The minimum Gasteiger partial charge on any atom is -0.392 e. The summed E-state index contributed by atoms with van der Waals surface area (Å²) in [7, 11) is 0. The lowest BCUT2D eigenvalue weighted by Gasteiger charge is -2.41. The van der Waals surface area contributed by atoms with Crippen LogP contribution < -0.4 is 0 Å². The van der Waals surface area contributed by atoms with Gasteiger partial charge in [0.1, 0.15) is 0 Å². The van der Waals surface area contributed by atoms with Gasteiger partial charge in [0.25, 0.3) is 0 Å². The largest absolute Gasteiger partial charge is 0.392 e. The van der Waals surface area contributed by atoms with Gasteiger partial charge in [-0.15, -0.1) is 0 Å². The van der Waals surface area contributed by atoms with Crippen LogP contribution in [0.25, 0.3) is 0 Å². The van der Waals surface area contributed by atoms with Crippen LogP contribution in [0.2, 0.25) is 0 Å². The summed E-state index contributed by atoms with van der Waals surface area (Å²) in [4.78, 5) is 0. The molecule has 2 rings (SSSR count). The average Bonchev–Trinajstić information content (AvgIpc) is 2.15. The summed E-state index contributed by atoms with van der Waals surface area (Å²) < 4.78 is 0. The maximum absolute atomic E-state index is 10.2. The molecular weight excluding hydrogens is 172 g/mol. The third kappa shape index (κ3) is 1.27. The molecule has 0 aromatic heterocycles. The molecule has 1 aliphatic carbocycles. The summed E-state index contributed by atoms with van der Waals surface area (Å²) in [6, 6.07) is 8.46. The van der Waals surface area contributed by atoms with E-state index in [0.717, 1.165) is 6.42 Å². The van der Waals surface area contributed by atoms with Gasteiger partial charge in [-0.1, -0.05) is 45.0 Å². The topological polar surface area (TPSA) is 20.2 Å². The number of hydrogen-bond acceptors (Lipinski definition) is 1. The van der Waals surface area contributed by atoms with Gasteiger partial charge in [0.2, 0.25) is 0 Å². The van der Waals surface area contributed by atoms with E-state index in [1.807, 2.05) is 0 Å². The second-order valence-electron chi connectivity index (χ2n) is 5.01. The summed E-state index contributed by atoms with van der Waals surface area (Å²) >= 11 is 0. The first-order valence-corrected chi connectivity index (χ1v) is 5.30. The van der Waals surface area contributed by atoms with Crippen LogP contribution in [0, 0.1) is 5.92 Å². The third-order valence-electron chi connectivity index (χ3n) is 3.53. The van der Waals surface area contributed by atoms with Crippen LogP contribution in [-0.2, 0) is 11.8 Å². The Bertz CT molecular complexity index is 341. The van der Waals surface area contributed by atoms with Crippen molar-refractivity contribution < 1.29 is 5.11 Å². The fourth-order valence-electron chi connectivity index (χ4n) is 2.66. The molecule has 0 spiro atoms. The van der Waals surface area contributed by atoms with E-state index in [4.69, 9.17) is 0 Å². The summed E-state index contributed by atoms with van der Waals surface area (Å²) in [6.07, 6.45) is 0.776. The molecule has 0 bridgehead atoms. The Labute approximate surface area is 85.8 Å². The highest BCUT2D eigenvalue weighted by Crippen LogP contribution is 2.39. The first-order chi connectivity index (χ1) is 6.53. The smallest absolute Gasteiger partial charge is 0.0660 e. The van der Waals surface area contributed by atoms with E-state index < -0.39 is 0 Å². The van der Waals surface area contributed by atoms with Gasteiger partial charge in [-0.25, -0.2) is 0 Å². The van der Waals surface area contributed by atoms with Crippen LogP contribution in [0.5, 0.6) is 0 Å². The van der Waals surface area contributed by atoms with Gasteiger partial charge in [-0.05, 0) is 23.5 Å². The molecule has 0 heterocycles. The SMILES string of the molecule is CC1Cc2ccccc2C(C)(C)C1O. The fourth-order valence-corrected chi connectivity index (χ4v) is 2.66. The normalized spacial score (nSPS) is 29.7. The van der Waals surface area contributed by atoms with E-state index in [1.54, 1.807) is 0 Å². The van der Waals surface area contributed by atoms with Crippen LogP contribution in [0.4, 0.5) is 0 Å². The molecule has 0 fully saturated rings. The van der Waals surface area contributed by atoms with Crippen molar-refractivity contribution in [3.63, 3.8) is 0 Å². The second kappa shape index (κ2) is 3.09. The molecule has 1 N–H and O–H groups in total. The number of benzene rings is 1. The van der Waals surface area contributed by atoms with Gasteiger partial charge in [-0.3, -0.25) is 0 Å². The van der Waals surface area contributed by atoms with Crippen molar-refractivity contribution in [2.45, 2.75) is 38.7 Å². The van der Waals surface area contributed by atoms with Gasteiger partial charge in [-0.2, -0.15) is 0 Å². The first-order valence-electron chi connectivity index (χ1n) is 5.30. The van der Waals surface area contributed by atoms with E-state index in [-0.39, 0.29) is 11.5 Å². The van der Waals surface area contributed by atoms with Crippen molar-refractivity contribution in [2.24, 2.45) is 5.92 Å². The molecule has 1 nitrogen and oxygen atoms in total. The number of aliphatic hydroxyl groups is 1. The molecule has 1 heteroatoms. The average molecular weight is 190 g/mol. The zero-order chi connectivity index (χ0) is 10.3. The predicted molar refractivity (Wildman–Crippen MR) is 58.3 cm³/mol. The molecule has 0 radical (unpaired) electrons. The van der Waals surface area contributed by atoms with Crippen molar-refractivity contribution in [1.29, 1.82) is 0 Å². The quantitative estimate of drug-likeness (QED) is 0.666. The lowest BCUT2D eigenvalue weighted by atomic mass is 9.67. The highest BCUT2D eigenvalue weighted by molar-refractivity contribution is 5.37. The van der Waals surface area contributed by atoms with E-state index in [2.05, 4.69) is 45.0 Å². The Hall–Kier alpha value is -0.820. The zero-order valence-corrected chi connectivity index (χ0v) is 9.12. The molecule has 1 aromatic rings. The Balaban J connectivity index is 2.54. The van der Waals surface area contributed by atoms with E-state index in [9.17, 15) is 5.11 Å². The molecule has 0 aliphatic heterocycles. The Morgan fingerprint density at radius 3 is 2.64 bits per heavy atom. The molecule has 2 atom stereocenters. The molecule has 0 amide bonds. The number of fused-ring (bicyclic) bond motifs is 1. The minimum atomic E-state index is -0.225. The second-order valence-corrected chi connectivity index (χ2v) is 5.01. The summed E-state index contributed by atoms with van der Waals surface area (Å²) in [5.74, 6) is 0.361. The van der Waals surface area contributed by atoms with Crippen molar-refractivity contribution in [3.8, 4) is 0 Å². The van der Waals surface area contributed by atoms with Crippen LogP contribution in [-0.4, -0.2) is 11.2 Å². The van der Waals surface area contributed by atoms with E-state index >= 15 is 0 Å². The standard InChI is InChI=1S/C13H18O/c1-9-8-10-6-4-5-7-11(10)13(2,3)12(9)14/h4-7,9,12,14H,8H2,1-3H3. The summed E-state index contributed by atoms with van der Waals surface area (Å²) in [5, 5.41) is 10.2. The summed E-state index contributed by atoms with van der Waals surface area (Å²) in [5.41, 5.74) is 2.61. The molecule has 1 aliphatic rings. The van der Waals surface area contributed by atoms with E-state index in [0.29, 0.717) is 5.92 Å². The Morgan fingerprint density at radius 1 is 1.29 bits per heavy atom. The van der Waals surface area contributed by atoms with E-state index in [1.165, 1.54) is 11.1 Å². The third-order valence-corrected chi connectivity index (χ3v) is 3.53. The van der Waals surface area contributed by atoms with Crippen molar-refractivity contribution in [2.75, 3.05) is 0 Å². The van der Waals surface area contributed by atoms with Crippen LogP contribution >= 0.6 is 0 Å². The molecule has 2 unspecified atom stereocenters. The predicted octanol–water partition coefficient (Wildman–Crippen LogP) is 2.52.